The maximum atomic E-state index is 2.64. The molecule has 2 heteroatoms. The first-order chi connectivity index (χ1) is 27.1. The van der Waals surface area contributed by atoms with Crippen molar-refractivity contribution in [2.75, 3.05) is 4.90 Å². The molecule has 5 aromatic rings. The molecule has 5 aliphatic rings. The summed E-state index contributed by atoms with van der Waals surface area (Å²) in [6.45, 7) is 8.01. The van der Waals surface area contributed by atoms with E-state index in [0.29, 0.717) is 23.8 Å². The van der Waals surface area contributed by atoms with Crippen LogP contribution in [0.1, 0.15) is 98.9 Å². The molecule has 0 saturated carbocycles. The van der Waals surface area contributed by atoms with Gasteiger partial charge in [0.2, 0.25) is 0 Å². The van der Waals surface area contributed by atoms with E-state index in [4.69, 9.17) is 0 Å². The van der Waals surface area contributed by atoms with Crippen LogP contribution in [-0.4, -0.2) is 10.6 Å². The number of allylic oxidation sites excluding steroid dienone is 10. The largest absolute Gasteiger partial charge is 0.341 e. The van der Waals surface area contributed by atoms with Gasteiger partial charge in [0.25, 0.3) is 0 Å². The zero-order valence-corrected chi connectivity index (χ0v) is 32.6. The van der Waals surface area contributed by atoms with Crippen molar-refractivity contribution < 1.29 is 0 Å². The van der Waals surface area contributed by atoms with Crippen molar-refractivity contribution in [1.82, 2.24) is 4.57 Å². The van der Waals surface area contributed by atoms with Gasteiger partial charge in [-0.2, -0.15) is 0 Å². The van der Waals surface area contributed by atoms with Gasteiger partial charge in [0.05, 0.1) is 6.04 Å². The van der Waals surface area contributed by atoms with Crippen LogP contribution in [0.3, 0.4) is 0 Å². The monoisotopic (exact) mass is 716 g/mol. The number of hydrogen-bond acceptors (Lipinski definition) is 1. The first-order valence-electron chi connectivity index (χ1n) is 21.0. The van der Waals surface area contributed by atoms with Crippen molar-refractivity contribution in [1.29, 1.82) is 0 Å². The number of anilines is 1. The molecule has 10 rings (SSSR count). The number of benzene rings is 4. The molecule has 274 valence electrons. The first-order valence-corrected chi connectivity index (χ1v) is 21.0. The zero-order valence-electron chi connectivity index (χ0n) is 32.6. The minimum Gasteiger partial charge on any atom is -0.341 e. The van der Waals surface area contributed by atoms with Crippen molar-refractivity contribution in [2.45, 2.75) is 89.1 Å². The van der Waals surface area contributed by atoms with E-state index >= 15 is 0 Å². The predicted octanol–water partition coefficient (Wildman–Crippen LogP) is 13.7. The third-order valence-electron chi connectivity index (χ3n) is 13.8. The highest BCUT2D eigenvalue weighted by atomic mass is 15.2. The number of fused-ring (bicyclic) bond motifs is 9. The van der Waals surface area contributed by atoms with Crippen LogP contribution in [0.15, 0.2) is 156 Å². The Balaban J connectivity index is 0.912. The Morgan fingerprint density at radius 3 is 2.24 bits per heavy atom. The summed E-state index contributed by atoms with van der Waals surface area (Å²) in [5.41, 5.74) is 15.3. The summed E-state index contributed by atoms with van der Waals surface area (Å²) in [7, 11) is 0. The second-order valence-corrected chi connectivity index (χ2v) is 16.4. The van der Waals surface area contributed by atoms with Crippen LogP contribution in [-0.2, 0) is 12.0 Å². The van der Waals surface area contributed by atoms with Gasteiger partial charge in [-0.05, 0) is 115 Å². The second-order valence-electron chi connectivity index (χ2n) is 16.4. The number of aryl methyl sites for hydroxylation is 1. The van der Waals surface area contributed by atoms with Gasteiger partial charge < -0.3 is 9.47 Å². The maximum absolute atomic E-state index is 2.64. The van der Waals surface area contributed by atoms with Crippen LogP contribution in [0, 0.1) is 5.92 Å². The Kier molecular flexibility index (Phi) is 8.54. The molecule has 1 aromatic heterocycles. The van der Waals surface area contributed by atoms with Crippen LogP contribution in [0.2, 0.25) is 0 Å². The van der Waals surface area contributed by atoms with Crippen molar-refractivity contribution >= 4 is 39.6 Å². The summed E-state index contributed by atoms with van der Waals surface area (Å²) in [4.78, 5) is 2.64. The summed E-state index contributed by atoms with van der Waals surface area (Å²) >= 11 is 0. The lowest BCUT2D eigenvalue weighted by atomic mass is 9.67. The van der Waals surface area contributed by atoms with Crippen molar-refractivity contribution in [3.8, 4) is 0 Å². The van der Waals surface area contributed by atoms with Gasteiger partial charge >= 0.3 is 0 Å². The molecule has 4 atom stereocenters. The van der Waals surface area contributed by atoms with Crippen molar-refractivity contribution in [2.24, 2.45) is 5.92 Å². The molecular formula is C53H52N2. The van der Waals surface area contributed by atoms with E-state index in [2.05, 4.69) is 182 Å². The molecule has 0 fully saturated rings. The zero-order chi connectivity index (χ0) is 37.1. The van der Waals surface area contributed by atoms with Crippen molar-refractivity contribution in [3.05, 3.63) is 184 Å². The molecule has 0 spiro atoms. The molecule has 4 unspecified atom stereocenters. The van der Waals surface area contributed by atoms with Gasteiger partial charge in [0, 0.05) is 57.0 Å². The number of aromatic nitrogens is 1. The number of nitrogens with zero attached hydrogens (tertiary/aromatic N) is 2. The SMILES string of the molecule is CCn1c2ccccc2c2cc(/C=C/c3ccc4c(c3)C(CC)(CC)C3C=C(/C=C/C5=CC6c7ccccc7N(C7=CCCCC7)C6C=C5)C=CC43)ccc21. The average Bonchev–Trinajstić information content (AvgIpc) is 3.85. The summed E-state index contributed by atoms with van der Waals surface area (Å²) in [6, 6.07) is 32.5. The molecule has 1 aliphatic heterocycles. The fourth-order valence-corrected chi connectivity index (χ4v) is 11.1. The Labute approximate surface area is 327 Å². The quantitative estimate of drug-likeness (QED) is 0.145. The van der Waals surface area contributed by atoms with Crippen LogP contribution in [0.5, 0.6) is 0 Å². The number of para-hydroxylation sites is 2. The summed E-state index contributed by atoms with van der Waals surface area (Å²) in [5, 5.41) is 2.67. The van der Waals surface area contributed by atoms with Crippen LogP contribution >= 0.6 is 0 Å². The van der Waals surface area contributed by atoms with Crippen LogP contribution < -0.4 is 4.90 Å². The van der Waals surface area contributed by atoms with Crippen molar-refractivity contribution in [3.63, 3.8) is 0 Å². The summed E-state index contributed by atoms with van der Waals surface area (Å²) in [6.07, 6.45) is 33.9. The molecule has 0 saturated heterocycles. The predicted molar refractivity (Wildman–Crippen MR) is 235 cm³/mol. The molecule has 55 heavy (non-hydrogen) atoms. The lowest BCUT2D eigenvalue weighted by Gasteiger charge is -2.36. The number of hydrogen-bond donors (Lipinski definition) is 0. The normalized spacial score (nSPS) is 23.6. The lowest BCUT2D eigenvalue weighted by Crippen LogP contribution is -2.33. The smallest absolute Gasteiger partial charge is 0.0626 e. The van der Waals surface area contributed by atoms with Crippen LogP contribution in [0.25, 0.3) is 34.0 Å². The average molecular weight is 717 g/mol. The van der Waals surface area contributed by atoms with E-state index in [1.165, 1.54) is 92.3 Å². The highest BCUT2D eigenvalue weighted by molar-refractivity contribution is 6.08. The fraction of sp³-hybridized carbons (Fsp3) is 0.283. The lowest BCUT2D eigenvalue weighted by molar-refractivity contribution is 0.304. The Hall–Kier alpha value is -5.34. The van der Waals surface area contributed by atoms with Gasteiger partial charge in [-0.25, -0.2) is 0 Å². The van der Waals surface area contributed by atoms with E-state index in [9.17, 15) is 0 Å². The topological polar surface area (TPSA) is 8.17 Å². The minimum atomic E-state index is 0.122. The molecule has 0 amide bonds. The third kappa shape index (κ3) is 5.51. The molecule has 2 nitrogen and oxygen atoms in total. The molecule has 0 N–H and O–H groups in total. The molecule has 2 heterocycles. The molecule has 4 aromatic carbocycles. The fourth-order valence-electron chi connectivity index (χ4n) is 11.1. The van der Waals surface area contributed by atoms with Gasteiger partial charge in [-0.15, -0.1) is 0 Å². The molecule has 0 radical (unpaired) electrons. The van der Waals surface area contributed by atoms with E-state index in [1.54, 1.807) is 5.56 Å². The standard InChI is InChI=1S/C53H52N2/c1-4-53(5-2)47-34-38(22-20-36-26-30-50-45(32-36)43-16-10-12-18-49(43)54(50)6-3)24-28-41(47)42-29-25-39(35-48(42)53)23-21-37-27-31-52-46(33-37)44-17-11-13-19-51(44)55(52)40-14-8-7-9-15-40/h10-14,16-35,42,46,48,52H,4-9,15H2,1-3H3/b22-20+,23-21+. The van der Waals surface area contributed by atoms with Crippen LogP contribution in [0.4, 0.5) is 5.69 Å². The van der Waals surface area contributed by atoms with E-state index in [0.717, 1.165) is 19.4 Å². The minimum absolute atomic E-state index is 0.122. The van der Waals surface area contributed by atoms with E-state index in [-0.39, 0.29) is 5.41 Å². The molecular weight excluding hydrogens is 665 g/mol. The van der Waals surface area contributed by atoms with Gasteiger partial charge in [-0.3, -0.25) is 0 Å². The molecule has 0 bridgehead atoms. The number of rotatable bonds is 8. The molecule has 4 aliphatic carbocycles. The maximum Gasteiger partial charge on any atom is 0.0626 e. The Morgan fingerprint density at radius 1 is 0.673 bits per heavy atom. The van der Waals surface area contributed by atoms with E-state index < -0.39 is 0 Å². The second kappa shape index (κ2) is 13.7. The first kappa shape index (κ1) is 34.2. The van der Waals surface area contributed by atoms with Gasteiger partial charge in [0.1, 0.15) is 0 Å². The summed E-state index contributed by atoms with van der Waals surface area (Å²) < 4.78 is 2.42. The summed E-state index contributed by atoms with van der Waals surface area (Å²) in [5.74, 6) is 1.27. The highest BCUT2D eigenvalue weighted by Crippen LogP contribution is 2.57. The highest BCUT2D eigenvalue weighted by Gasteiger charge is 2.49. The van der Waals surface area contributed by atoms with Gasteiger partial charge in [0.15, 0.2) is 0 Å². The van der Waals surface area contributed by atoms with E-state index in [1.807, 2.05) is 0 Å². The Morgan fingerprint density at radius 2 is 1.42 bits per heavy atom. The van der Waals surface area contributed by atoms with Gasteiger partial charge in [-0.1, -0.05) is 141 Å². The Bertz CT molecular complexity index is 2540. The third-order valence-corrected chi connectivity index (χ3v) is 13.8.